The van der Waals surface area contributed by atoms with Crippen LogP contribution < -0.4 is 11.1 Å². The Bertz CT molecular complexity index is 788. The smallest absolute Gasteiger partial charge is 0.222 e. The van der Waals surface area contributed by atoms with E-state index in [4.69, 9.17) is 5.73 Å². The number of hydrogen-bond acceptors (Lipinski definition) is 5. The zero-order valence-electron chi connectivity index (χ0n) is 10.8. The molecule has 2 aromatic heterocycles. The van der Waals surface area contributed by atoms with Crippen molar-refractivity contribution in [1.29, 1.82) is 0 Å². The van der Waals surface area contributed by atoms with Gasteiger partial charge in [0.15, 0.2) is 0 Å². The van der Waals surface area contributed by atoms with E-state index in [1.165, 1.54) is 0 Å². The lowest BCUT2D eigenvalue weighted by atomic mass is 10.1. The monoisotopic (exact) mass is 329 g/mol. The SMILES string of the molecule is Cc1ccc2cccc(Nc3nc(N)ncc3Br)c2n1. The van der Waals surface area contributed by atoms with Crippen molar-refractivity contribution in [3.63, 3.8) is 0 Å². The van der Waals surface area contributed by atoms with Crippen molar-refractivity contribution in [3.8, 4) is 0 Å². The van der Waals surface area contributed by atoms with Gasteiger partial charge in [-0.15, -0.1) is 0 Å². The summed E-state index contributed by atoms with van der Waals surface area (Å²) in [4.78, 5) is 12.7. The molecule has 1 aromatic carbocycles. The van der Waals surface area contributed by atoms with Gasteiger partial charge in [0.1, 0.15) is 5.82 Å². The average Bonchev–Trinajstić information content (AvgIpc) is 2.43. The van der Waals surface area contributed by atoms with Crippen LogP contribution in [0.5, 0.6) is 0 Å². The highest BCUT2D eigenvalue weighted by Crippen LogP contribution is 2.28. The third kappa shape index (κ3) is 2.42. The summed E-state index contributed by atoms with van der Waals surface area (Å²) >= 11 is 3.40. The lowest BCUT2D eigenvalue weighted by Gasteiger charge is -2.10. The van der Waals surface area contributed by atoms with Crippen molar-refractivity contribution in [3.05, 3.63) is 46.7 Å². The quantitative estimate of drug-likeness (QED) is 0.753. The maximum absolute atomic E-state index is 5.62. The molecule has 0 spiro atoms. The number of nitrogen functional groups attached to an aromatic ring is 1. The van der Waals surface area contributed by atoms with Crippen LogP contribution in [0.4, 0.5) is 17.5 Å². The van der Waals surface area contributed by atoms with Crippen LogP contribution in [-0.4, -0.2) is 15.0 Å². The summed E-state index contributed by atoms with van der Waals surface area (Å²) in [7, 11) is 0. The van der Waals surface area contributed by atoms with Gasteiger partial charge in [0.05, 0.1) is 15.7 Å². The Morgan fingerprint density at radius 2 is 2.00 bits per heavy atom. The van der Waals surface area contributed by atoms with Gasteiger partial charge < -0.3 is 11.1 Å². The van der Waals surface area contributed by atoms with E-state index in [-0.39, 0.29) is 5.95 Å². The molecular formula is C14H12BrN5. The summed E-state index contributed by atoms with van der Waals surface area (Å²) in [5.41, 5.74) is 8.36. The minimum absolute atomic E-state index is 0.222. The molecule has 0 bridgehead atoms. The van der Waals surface area contributed by atoms with Crippen LogP contribution in [0.15, 0.2) is 41.0 Å². The molecule has 3 N–H and O–H groups in total. The van der Waals surface area contributed by atoms with E-state index >= 15 is 0 Å². The molecule has 3 aromatic rings. The molecule has 100 valence electrons. The summed E-state index contributed by atoms with van der Waals surface area (Å²) in [6, 6.07) is 9.99. The number of hydrogen-bond donors (Lipinski definition) is 2. The fourth-order valence-electron chi connectivity index (χ4n) is 1.94. The Kier molecular flexibility index (Phi) is 3.23. The third-order valence-corrected chi connectivity index (χ3v) is 3.46. The summed E-state index contributed by atoms with van der Waals surface area (Å²) in [5.74, 6) is 0.841. The van der Waals surface area contributed by atoms with E-state index < -0.39 is 0 Å². The van der Waals surface area contributed by atoms with Crippen LogP contribution in [-0.2, 0) is 0 Å². The van der Waals surface area contributed by atoms with Crippen LogP contribution in [0.2, 0.25) is 0 Å². The highest BCUT2D eigenvalue weighted by atomic mass is 79.9. The van der Waals surface area contributed by atoms with Gasteiger partial charge in [-0.3, -0.25) is 4.98 Å². The van der Waals surface area contributed by atoms with Crippen molar-refractivity contribution < 1.29 is 0 Å². The number of halogens is 1. The summed E-state index contributed by atoms with van der Waals surface area (Å²) < 4.78 is 0.747. The molecule has 6 heteroatoms. The predicted molar refractivity (Wildman–Crippen MR) is 83.9 cm³/mol. The van der Waals surface area contributed by atoms with Gasteiger partial charge in [0.2, 0.25) is 5.95 Å². The number of pyridine rings is 1. The van der Waals surface area contributed by atoms with Crippen LogP contribution >= 0.6 is 15.9 Å². The Morgan fingerprint density at radius 1 is 1.15 bits per heavy atom. The fraction of sp³-hybridized carbons (Fsp3) is 0.0714. The largest absolute Gasteiger partial charge is 0.368 e. The lowest BCUT2D eigenvalue weighted by Crippen LogP contribution is -2.01. The standard InChI is InChI=1S/C14H12BrN5/c1-8-5-6-9-3-2-4-11(12(9)18-8)19-13-10(15)7-17-14(16)20-13/h2-7H,1H3,(H3,16,17,19,20). The molecule has 3 rings (SSSR count). The summed E-state index contributed by atoms with van der Waals surface area (Å²) in [6.07, 6.45) is 1.62. The number of nitrogens with two attached hydrogens (primary N) is 1. The number of aryl methyl sites for hydroxylation is 1. The van der Waals surface area contributed by atoms with Crippen LogP contribution in [0.25, 0.3) is 10.9 Å². The molecule has 5 nitrogen and oxygen atoms in total. The predicted octanol–water partition coefficient (Wildman–Crippen LogP) is 3.42. The van der Waals surface area contributed by atoms with Crippen molar-refractivity contribution in [2.45, 2.75) is 6.92 Å². The van der Waals surface area contributed by atoms with E-state index in [0.717, 1.165) is 26.8 Å². The maximum atomic E-state index is 5.62. The first kappa shape index (κ1) is 12.8. The van der Waals surface area contributed by atoms with Crippen molar-refractivity contribution >= 4 is 44.3 Å². The van der Waals surface area contributed by atoms with Gasteiger partial charge in [0, 0.05) is 17.3 Å². The molecular weight excluding hydrogens is 318 g/mol. The number of nitrogens with zero attached hydrogens (tertiary/aromatic N) is 3. The van der Waals surface area contributed by atoms with E-state index in [1.807, 2.05) is 37.3 Å². The molecule has 0 aliphatic carbocycles. The molecule has 0 unspecified atom stereocenters. The number of rotatable bonds is 2. The normalized spacial score (nSPS) is 10.7. The van der Waals surface area contributed by atoms with Gasteiger partial charge in [-0.05, 0) is 35.0 Å². The summed E-state index contributed by atoms with van der Waals surface area (Å²) in [5, 5.41) is 4.31. The van der Waals surface area contributed by atoms with Gasteiger partial charge in [-0.25, -0.2) is 4.98 Å². The van der Waals surface area contributed by atoms with Crippen LogP contribution in [0, 0.1) is 6.92 Å². The number of nitrogens with one attached hydrogen (secondary N) is 1. The molecule has 0 aliphatic rings. The first-order valence-electron chi connectivity index (χ1n) is 6.05. The highest BCUT2D eigenvalue weighted by molar-refractivity contribution is 9.10. The van der Waals surface area contributed by atoms with Crippen LogP contribution in [0.3, 0.4) is 0 Å². The molecule has 0 radical (unpaired) electrons. The van der Waals surface area contributed by atoms with E-state index in [1.54, 1.807) is 6.20 Å². The molecule has 0 saturated heterocycles. The Hall–Kier alpha value is -2.21. The van der Waals surface area contributed by atoms with Gasteiger partial charge in [0.25, 0.3) is 0 Å². The van der Waals surface area contributed by atoms with Crippen molar-refractivity contribution in [2.75, 3.05) is 11.1 Å². The molecule has 20 heavy (non-hydrogen) atoms. The van der Waals surface area contributed by atoms with Crippen molar-refractivity contribution in [1.82, 2.24) is 15.0 Å². The zero-order valence-corrected chi connectivity index (χ0v) is 12.3. The average molecular weight is 330 g/mol. The summed E-state index contributed by atoms with van der Waals surface area (Å²) in [6.45, 7) is 1.97. The molecule has 0 fully saturated rings. The second-order valence-corrected chi connectivity index (χ2v) is 5.23. The first-order valence-corrected chi connectivity index (χ1v) is 6.84. The van der Waals surface area contributed by atoms with Crippen molar-refractivity contribution in [2.24, 2.45) is 0 Å². The molecule has 2 heterocycles. The number of fused-ring (bicyclic) bond motifs is 1. The molecule has 0 aliphatic heterocycles. The van der Waals surface area contributed by atoms with E-state index in [9.17, 15) is 0 Å². The van der Waals surface area contributed by atoms with Gasteiger partial charge in [-0.1, -0.05) is 18.2 Å². The van der Waals surface area contributed by atoms with Gasteiger partial charge in [-0.2, -0.15) is 4.98 Å². The Morgan fingerprint density at radius 3 is 2.85 bits per heavy atom. The second-order valence-electron chi connectivity index (χ2n) is 4.38. The Balaban J connectivity index is 2.10. The number of anilines is 3. The second kappa shape index (κ2) is 5.05. The minimum atomic E-state index is 0.222. The number of para-hydroxylation sites is 1. The van der Waals surface area contributed by atoms with Crippen LogP contribution in [0.1, 0.15) is 5.69 Å². The minimum Gasteiger partial charge on any atom is -0.368 e. The maximum Gasteiger partial charge on any atom is 0.222 e. The molecule has 0 amide bonds. The fourth-order valence-corrected chi connectivity index (χ4v) is 2.23. The van der Waals surface area contributed by atoms with Gasteiger partial charge >= 0.3 is 0 Å². The van der Waals surface area contributed by atoms with E-state index in [0.29, 0.717) is 5.82 Å². The number of benzene rings is 1. The Labute approximate surface area is 124 Å². The van der Waals surface area contributed by atoms with E-state index in [2.05, 4.69) is 36.2 Å². The first-order chi connectivity index (χ1) is 9.63. The number of aromatic nitrogens is 3. The zero-order chi connectivity index (χ0) is 14.1. The third-order valence-electron chi connectivity index (χ3n) is 2.88. The molecule has 0 atom stereocenters. The topological polar surface area (TPSA) is 76.7 Å². The lowest BCUT2D eigenvalue weighted by molar-refractivity contribution is 1.17. The molecule has 0 saturated carbocycles. The highest BCUT2D eigenvalue weighted by Gasteiger charge is 2.07.